The van der Waals surface area contributed by atoms with Crippen LogP contribution >= 0.6 is 0 Å². The van der Waals surface area contributed by atoms with E-state index in [1.807, 2.05) is 7.05 Å². The van der Waals surface area contributed by atoms with Gasteiger partial charge < -0.3 is 26.8 Å². The Morgan fingerprint density at radius 2 is 1.45 bits per heavy atom. The van der Waals surface area contributed by atoms with Crippen LogP contribution in [0.5, 0.6) is 0 Å². The van der Waals surface area contributed by atoms with Crippen LogP contribution in [0.15, 0.2) is 9.59 Å². The van der Waals surface area contributed by atoms with Gasteiger partial charge in [0, 0.05) is 47.3 Å². The fourth-order valence-electron chi connectivity index (χ4n) is 2.80. The average molecular weight is 328 g/mol. The molecule has 1 aliphatic rings. The summed E-state index contributed by atoms with van der Waals surface area (Å²) in [5, 5.41) is 0. The van der Waals surface area contributed by atoms with Gasteiger partial charge in [0.1, 0.15) is 0 Å². The number of aromatic nitrogens is 4. The summed E-state index contributed by atoms with van der Waals surface area (Å²) >= 11 is 0. The van der Waals surface area contributed by atoms with E-state index >= 15 is 0 Å². The fraction of sp³-hybridized carbons (Fsp3) is 0.615. The number of hydrogen-bond donors (Lipinski definition) is 0. The molecule has 3 heterocycles. The van der Waals surface area contributed by atoms with Crippen LogP contribution < -0.4 is 28.6 Å². The first-order chi connectivity index (χ1) is 9.91. The molecule has 0 atom stereocenters. The number of aryl methyl sites for hydroxylation is 2. The largest absolute Gasteiger partial charge is 1.00 e. The van der Waals surface area contributed by atoms with Crippen LogP contribution in [-0.4, -0.2) is 56.8 Å². The summed E-state index contributed by atoms with van der Waals surface area (Å²) in [7, 11) is 7.05. The standard InChI is InChI=1S/C13H20N6O2.ClH/c1-15-5-7-19(8-6-15)12-14-10-9(16(12)2)11(20)18(4)13(21)17(10)3;/h5-8H2,1-4H3;1H/p-1. The molecular weight excluding hydrogens is 308 g/mol. The number of likely N-dealkylation sites (N-methyl/N-ethyl adjacent to an activating group) is 1. The van der Waals surface area contributed by atoms with Crippen molar-refractivity contribution in [3.05, 3.63) is 20.8 Å². The van der Waals surface area contributed by atoms with Crippen LogP contribution in [-0.2, 0) is 21.1 Å². The number of halogens is 1. The van der Waals surface area contributed by atoms with E-state index in [4.69, 9.17) is 0 Å². The first kappa shape index (κ1) is 16.6. The summed E-state index contributed by atoms with van der Waals surface area (Å²) in [6.45, 7) is 3.64. The molecule has 2 aromatic heterocycles. The zero-order valence-electron chi connectivity index (χ0n) is 13.2. The van der Waals surface area contributed by atoms with E-state index in [1.54, 1.807) is 11.6 Å². The summed E-state index contributed by atoms with van der Waals surface area (Å²) in [6, 6.07) is 0. The summed E-state index contributed by atoms with van der Waals surface area (Å²) < 4.78 is 4.34. The first-order valence-electron chi connectivity index (χ1n) is 6.97. The number of fused-ring (bicyclic) bond motifs is 1. The van der Waals surface area contributed by atoms with E-state index in [-0.39, 0.29) is 23.7 Å². The lowest BCUT2D eigenvalue weighted by Crippen LogP contribution is -3.00. The number of imidazole rings is 1. The minimum absolute atomic E-state index is 0. The number of anilines is 1. The van der Waals surface area contributed by atoms with Gasteiger partial charge in [-0.05, 0) is 7.05 Å². The Labute approximate surface area is 134 Å². The van der Waals surface area contributed by atoms with Crippen LogP contribution in [0.2, 0.25) is 0 Å². The van der Waals surface area contributed by atoms with Crippen molar-refractivity contribution in [1.82, 2.24) is 23.6 Å². The fourth-order valence-corrected chi connectivity index (χ4v) is 2.80. The van der Waals surface area contributed by atoms with Crippen molar-refractivity contribution < 1.29 is 12.4 Å². The first-order valence-corrected chi connectivity index (χ1v) is 6.97. The second-order valence-electron chi connectivity index (χ2n) is 5.64. The van der Waals surface area contributed by atoms with Crippen LogP contribution in [0.1, 0.15) is 0 Å². The van der Waals surface area contributed by atoms with Crippen molar-refractivity contribution in [2.75, 3.05) is 38.1 Å². The predicted molar refractivity (Wildman–Crippen MR) is 80.9 cm³/mol. The molecule has 0 saturated carbocycles. The zero-order chi connectivity index (χ0) is 15.3. The molecule has 0 bridgehead atoms. The van der Waals surface area contributed by atoms with Crippen molar-refractivity contribution in [2.24, 2.45) is 21.1 Å². The van der Waals surface area contributed by atoms with Crippen LogP contribution in [0.4, 0.5) is 5.95 Å². The quantitative estimate of drug-likeness (QED) is 0.530. The Kier molecular flexibility index (Phi) is 4.35. The molecule has 0 amide bonds. The van der Waals surface area contributed by atoms with Crippen molar-refractivity contribution in [1.29, 1.82) is 0 Å². The Morgan fingerprint density at radius 1 is 0.864 bits per heavy atom. The molecule has 1 saturated heterocycles. The molecule has 0 unspecified atom stereocenters. The second kappa shape index (κ2) is 5.77. The summed E-state index contributed by atoms with van der Waals surface area (Å²) in [5.41, 5.74) is 0.257. The molecule has 9 heteroatoms. The highest BCUT2D eigenvalue weighted by Gasteiger charge is 2.22. The third-order valence-electron chi connectivity index (χ3n) is 4.24. The van der Waals surface area contributed by atoms with Gasteiger partial charge >= 0.3 is 5.69 Å². The molecule has 3 rings (SSSR count). The van der Waals surface area contributed by atoms with E-state index in [9.17, 15) is 9.59 Å². The molecule has 0 radical (unpaired) electrons. The summed E-state index contributed by atoms with van der Waals surface area (Å²) in [6.07, 6.45) is 0. The van der Waals surface area contributed by atoms with Gasteiger partial charge in [-0.15, -0.1) is 0 Å². The van der Waals surface area contributed by atoms with Gasteiger partial charge in [0.15, 0.2) is 11.2 Å². The Balaban J connectivity index is 0.00000176. The predicted octanol–water partition coefficient (Wildman–Crippen LogP) is -4.27. The monoisotopic (exact) mass is 327 g/mol. The number of rotatable bonds is 1. The third-order valence-corrected chi connectivity index (χ3v) is 4.24. The van der Waals surface area contributed by atoms with E-state index in [0.29, 0.717) is 11.2 Å². The number of piperazine rings is 1. The summed E-state index contributed by atoms with van der Waals surface area (Å²) in [4.78, 5) is 33.3. The lowest BCUT2D eigenvalue weighted by Gasteiger charge is -2.32. The van der Waals surface area contributed by atoms with Crippen molar-refractivity contribution in [3.8, 4) is 0 Å². The van der Waals surface area contributed by atoms with Crippen LogP contribution in [0, 0.1) is 0 Å². The SMILES string of the molecule is CN1CCN(c2nc3c(c(=O)n(C)c(=O)n3C)n2C)CC1.[Cl-]. The molecule has 1 aliphatic heterocycles. The minimum Gasteiger partial charge on any atom is -1.00 e. The Morgan fingerprint density at radius 3 is 2.05 bits per heavy atom. The minimum atomic E-state index is -0.351. The molecule has 122 valence electrons. The number of nitrogens with zero attached hydrogens (tertiary/aromatic N) is 6. The maximum atomic E-state index is 12.3. The maximum Gasteiger partial charge on any atom is 0.332 e. The molecule has 8 nitrogen and oxygen atoms in total. The Hall–Kier alpha value is -1.80. The van der Waals surface area contributed by atoms with Crippen molar-refractivity contribution >= 4 is 17.1 Å². The normalized spacial score (nSPS) is 16.1. The number of hydrogen-bond acceptors (Lipinski definition) is 5. The third kappa shape index (κ3) is 2.32. The van der Waals surface area contributed by atoms with Gasteiger partial charge in [0.2, 0.25) is 5.95 Å². The molecule has 0 aromatic carbocycles. The molecular formula is C13H20ClN6O2-. The summed E-state index contributed by atoms with van der Waals surface area (Å²) in [5.74, 6) is 0.747. The molecule has 0 aliphatic carbocycles. The van der Waals surface area contributed by atoms with Crippen molar-refractivity contribution in [2.45, 2.75) is 0 Å². The highest BCUT2D eigenvalue weighted by Crippen LogP contribution is 2.18. The van der Waals surface area contributed by atoms with E-state index in [2.05, 4.69) is 21.8 Å². The van der Waals surface area contributed by atoms with Crippen molar-refractivity contribution in [3.63, 3.8) is 0 Å². The van der Waals surface area contributed by atoms with E-state index < -0.39 is 0 Å². The lowest BCUT2D eigenvalue weighted by molar-refractivity contribution is -0.00000470. The molecule has 1 fully saturated rings. The van der Waals surface area contributed by atoms with Gasteiger partial charge in [-0.1, -0.05) is 0 Å². The highest BCUT2D eigenvalue weighted by atomic mass is 35.5. The molecule has 0 N–H and O–H groups in total. The zero-order valence-corrected chi connectivity index (χ0v) is 14.0. The smallest absolute Gasteiger partial charge is 0.332 e. The van der Waals surface area contributed by atoms with E-state index in [1.165, 1.54) is 11.6 Å². The second-order valence-corrected chi connectivity index (χ2v) is 5.64. The van der Waals surface area contributed by atoms with Gasteiger partial charge in [-0.3, -0.25) is 13.9 Å². The Bertz CT molecular complexity index is 813. The average Bonchev–Trinajstić information content (AvgIpc) is 2.81. The molecule has 0 spiro atoms. The highest BCUT2D eigenvalue weighted by molar-refractivity contribution is 5.74. The molecule has 2 aromatic rings. The van der Waals surface area contributed by atoms with Gasteiger partial charge in [0.25, 0.3) is 5.56 Å². The molecule has 22 heavy (non-hydrogen) atoms. The van der Waals surface area contributed by atoms with Gasteiger partial charge in [0.05, 0.1) is 0 Å². The van der Waals surface area contributed by atoms with E-state index in [0.717, 1.165) is 36.7 Å². The van der Waals surface area contributed by atoms with Crippen LogP contribution in [0.3, 0.4) is 0 Å². The maximum absolute atomic E-state index is 12.3. The van der Waals surface area contributed by atoms with Crippen LogP contribution in [0.25, 0.3) is 11.2 Å². The topological polar surface area (TPSA) is 68.3 Å². The van der Waals surface area contributed by atoms with Gasteiger partial charge in [-0.25, -0.2) is 4.79 Å². The lowest BCUT2D eigenvalue weighted by atomic mass is 10.3. The van der Waals surface area contributed by atoms with Gasteiger partial charge in [-0.2, -0.15) is 4.98 Å².